The summed E-state index contributed by atoms with van der Waals surface area (Å²) < 4.78 is 13.5. The summed E-state index contributed by atoms with van der Waals surface area (Å²) in [5.74, 6) is 3.14. The Morgan fingerprint density at radius 3 is 2.97 bits per heavy atom. The molecule has 1 aromatic carbocycles. The van der Waals surface area contributed by atoms with Crippen LogP contribution in [0.25, 0.3) is 11.0 Å². The molecule has 0 spiro atoms. The number of carbonyl (C=O) groups excluding carboxylic acids is 1. The van der Waals surface area contributed by atoms with E-state index in [4.69, 9.17) is 14.5 Å². The lowest BCUT2D eigenvalue weighted by Crippen LogP contribution is -2.39. The van der Waals surface area contributed by atoms with Gasteiger partial charge in [-0.2, -0.15) is 0 Å². The molecule has 0 saturated heterocycles. The van der Waals surface area contributed by atoms with E-state index >= 15 is 0 Å². The van der Waals surface area contributed by atoms with Crippen molar-refractivity contribution in [1.29, 1.82) is 0 Å². The average Bonchev–Trinajstić information content (AvgIpc) is 3.09. The fourth-order valence-corrected chi connectivity index (χ4v) is 4.96. The molecule has 2 atom stereocenters. The maximum absolute atomic E-state index is 12.9. The van der Waals surface area contributed by atoms with Gasteiger partial charge in [0.25, 0.3) is 0 Å². The van der Waals surface area contributed by atoms with Crippen molar-refractivity contribution in [1.82, 2.24) is 14.9 Å². The Kier molecular flexibility index (Phi) is 5.01. The Balaban J connectivity index is 1.29. The number of aryl methyl sites for hydroxylation is 2. The van der Waals surface area contributed by atoms with Crippen molar-refractivity contribution in [2.24, 2.45) is 7.05 Å². The second kappa shape index (κ2) is 7.82. The maximum atomic E-state index is 12.9. The molecule has 2 aromatic rings. The molecule has 3 aliphatic rings. The van der Waals surface area contributed by atoms with Gasteiger partial charge in [-0.1, -0.05) is 12.5 Å². The SMILES string of the molecule is Cc1ccc2nc([C@H]3CCC[C@@H](NC(=O)C4=CC5=C(CC4)OCCO5)C3)n(C)c2c1. The average molecular weight is 408 g/mol. The maximum Gasteiger partial charge on any atom is 0.247 e. The Morgan fingerprint density at radius 2 is 2.07 bits per heavy atom. The molecule has 1 N–H and O–H groups in total. The van der Waals surface area contributed by atoms with Crippen molar-refractivity contribution >= 4 is 16.9 Å². The van der Waals surface area contributed by atoms with Crippen LogP contribution in [0.3, 0.4) is 0 Å². The standard InChI is InChI=1S/C24H29N3O3/c1-15-6-8-19-20(12-15)27(2)23(26-19)16-4-3-5-18(13-16)25-24(28)17-7-9-21-22(14-17)30-11-10-29-21/h6,8,12,14,16,18H,3-5,7,9-11,13H2,1-2H3,(H,25,28)/t16-,18+/m0/s1. The van der Waals surface area contributed by atoms with Gasteiger partial charge in [-0.15, -0.1) is 0 Å². The van der Waals surface area contributed by atoms with Gasteiger partial charge in [-0.3, -0.25) is 4.79 Å². The second-order valence-corrected chi connectivity index (χ2v) is 8.71. The van der Waals surface area contributed by atoms with Gasteiger partial charge in [-0.25, -0.2) is 4.98 Å². The molecule has 1 saturated carbocycles. The molecule has 2 aliphatic carbocycles. The predicted octanol–water partition coefficient (Wildman–Crippen LogP) is 4.00. The van der Waals surface area contributed by atoms with Crippen molar-refractivity contribution in [2.75, 3.05) is 13.2 Å². The van der Waals surface area contributed by atoms with Crippen molar-refractivity contribution in [2.45, 2.75) is 57.4 Å². The number of hydrogen-bond acceptors (Lipinski definition) is 4. The molecule has 1 fully saturated rings. The molecule has 1 aromatic heterocycles. The number of ether oxygens (including phenoxy) is 2. The van der Waals surface area contributed by atoms with Gasteiger partial charge >= 0.3 is 0 Å². The number of imidazole rings is 1. The number of carbonyl (C=O) groups is 1. The third-order valence-electron chi connectivity index (χ3n) is 6.56. The number of aromatic nitrogens is 2. The zero-order valence-electron chi connectivity index (χ0n) is 17.7. The summed E-state index contributed by atoms with van der Waals surface area (Å²) in [6.07, 6.45) is 7.47. The second-order valence-electron chi connectivity index (χ2n) is 8.71. The summed E-state index contributed by atoms with van der Waals surface area (Å²) in [4.78, 5) is 17.8. The number of rotatable bonds is 3. The molecule has 158 valence electrons. The largest absolute Gasteiger partial charge is 0.491 e. The van der Waals surface area contributed by atoms with Gasteiger partial charge < -0.3 is 19.4 Å². The van der Waals surface area contributed by atoms with Crippen LogP contribution in [0.5, 0.6) is 0 Å². The molecular formula is C24H29N3O3. The highest BCUT2D eigenvalue weighted by Crippen LogP contribution is 2.34. The lowest BCUT2D eigenvalue weighted by molar-refractivity contribution is -0.118. The number of hydrogen-bond donors (Lipinski definition) is 1. The summed E-state index contributed by atoms with van der Waals surface area (Å²) in [6, 6.07) is 6.59. The molecule has 1 amide bonds. The Bertz CT molecular complexity index is 1050. The number of amides is 1. The lowest BCUT2D eigenvalue weighted by Gasteiger charge is -2.30. The molecule has 30 heavy (non-hydrogen) atoms. The van der Waals surface area contributed by atoms with Crippen LogP contribution >= 0.6 is 0 Å². The number of fused-ring (bicyclic) bond motifs is 1. The monoisotopic (exact) mass is 407 g/mol. The Morgan fingerprint density at radius 1 is 1.20 bits per heavy atom. The van der Waals surface area contributed by atoms with Crippen LogP contribution in [0.15, 0.2) is 41.4 Å². The van der Waals surface area contributed by atoms with Gasteiger partial charge in [0.05, 0.1) is 11.0 Å². The summed E-state index contributed by atoms with van der Waals surface area (Å²) in [5.41, 5.74) is 4.27. The molecule has 0 radical (unpaired) electrons. The van der Waals surface area contributed by atoms with E-state index in [1.165, 1.54) is 11.1 Å². The zero-order chi connectivity index (χ0) is 20.7. The van der Waals surface area contributed by atoms with Crippen LogP contribution < -0.4 is 5.32 Å². The quantitative estimate of drug-likeness (QED) is 0.835. The van der Waals surface area contributed by atoms with Crippen molar-refractivity contribution in [3.63, 3.8) is 0 Å². The first-order valence-electron chi connectivity index (χ1n) is 11.0. The van der Waals surface area contributed by atoms with Gasteiger partial charge in [0.15, 0.2) is 5.76 Å². The van der Waals surface area contributed by atoms with E-state index in [-0.39, 0.29) is 11.9 Å². The van der Waals surface area contributed by atoms with Crippen LogP contribution in [0.4, 0.5) is 0 Å². The van der Waals surface area contributed by atoms with Gasteiger partial charge in [-0.05, 0) is 56.4 Å². The number of nitrogens with one attached hydrogen (secondary N) is 1. The lowest BCUT2D eigenvalue weighted by atomic mass is 9.85. The fourth-order valence-electron chi connectivity index (χ4n) is 4.96. The number of benzene rings is 1. The number of nitrogens with zero attached hydrogens (tertiary/aromatic N) is 2. The minimum Gasteiger partial charge on any atom is -0.491 e. The van der Waals surface area contributed by atoms with Crippen LogP contribution in [-0.2, 0) is 21.3 Å². The third-order valence-corrected chi connectivity index (χ3v) is 6.56. The fraction of sp³-hybridized carbons (Fsp3) is 0.500. The van der Waals surface area contributed by atoms with E-state index in [9.17, 15) is 4.79 Å². The van der Waals surface area contributed by atoms with Crippen LogP contribution in [0.2, 0.25) is 0 Å². The summed E-state index contributed by atoms with van der Waals surface area (Å²) in [7, 11) is 2.11. The van der Waals surface area contributed by atoms with Crippen LogP contribution in [0.1, 0.15) is 55.8 Å². The van der Waals surface area contributed by atoms with E-state index in [2.05, 4.69) is 42.1 Å². The molecule has 0 unspecified atom stereocenters. The van der Waals surface area contributed by atoms with Crippen molar-refractivity contribution in [3.05, 3.63) is 52.8 Å². The predicted molar refractivity (Wildman–Crippen MR) is 115 cm³/mol. The highest BCUT2D eigenvalue weighted by atomic mass is 16.6. The molecular weight excluding hydrogens is 378 g/mol. The molecule has 6 heteroatoms. The number of allylic oxidation sites excluding steroid dienone is 2. The van der Waals surface area contributed by atoms with Gasteiger partial charge in [0.2, 0.25) is 5.91 Å². The van der Waals surface area contributed by atoms with E-state index < -0.39 is 0 Å². The third kappa shape index (κ3) is 3.59. The summed E-state index contributed by atoms with van der Waals surface area (Å²) >= 11 is 0. The molecule has 1 aliphatic heterocycles. The Labute approximate surface area is 176 Å². The van der Waals surface area contributed by atoms with Crippen LogP contribution in [-0.4, -0.2) is 34.7 Å². The van der Waals surface area contributed by atoms with Gasteiger partial charge in [0, 0.05) is 31.0 Å². The molecule has 6 nitrogen and oxygen atoms in total. The molecule has 0 bridgehead atoms. The zero-order valence-corrected chi connectivity index (χ0v) is 17.7. The normalized spacial score (nSPS) is 24.0. The minimum atomic E-state index is 0.0296. The summed E-state index contributed by atoms with van der Waals surface area (Å²) in [5, 5.41) is 3.28. The van der Waals surface area contributed by atoms with Crippen LogP contribution in [0, 0.1) is 6.92 Å². The first kappa shape index (κ1) is 19.2. The Hall–Kier alpha value is -2.76. The van der Waals surface area contributed by atoms with E-state index in [1.807, 2.05) is 6.08 Å². The van der Waals surface area contributed by atoms with Crippen molar-refractivity contribution < 1.29 is 14.3 Å². The van der Waals surface area contributed by atoms with E-state index in [0.717, 1.165) is 60.5 Å². The van der Waals surface area contributed by atoms with E-state index in [0.29, 0.717) is 25.6 Å². The molecule has 5 rings (SSSR count). The highest BCUT2D eigenvalue weighted by molar-refractivity contribution is 5.94. The topological polar surface area (TPSA) is 65.4 Å². The van der Waals surface area contributed by atoms with Crippen molar-refractivity contribution in [3.8, 4) is 0 Å². The smallest absolute Gasteiger partial charge is 0.247 e. The summed E-state index contributed by atoms with van der Waals surface area (Å²) in [6.45, 7) is 3.26. The minimum absolute atomic E-state index is 0.0296. The first-order chi connectivity index (χ1) is 14.6. The molecule has 2 heterocycles. The first-order valence-corrected chi connectivity index (χ1v) is 11.0. The highest BCUT2D eigenvalue weighted by Gasteiger charge is 2.29. The van der Waals surface area contributed by atoms with E-state index in [1.54, 1.807) is 0 Å². The van der Waals surface area contributed by atoms with Gasteiger partial charge in [0.1, 0.15) is 24.8 Å².